The van der Waals surface area contributed by atoms with Gasteiger partial charge in [-0.15, -0.1) is 0 Å². The van der Waals surface area contributed by atoms with E-state index in [1.54, 1.807) is 24.3 Å². The SMILES string of the molecule is O=[N+]([O-])c1ccc(-c2ncn(CC(O)c3ccccc3F)n2)cc1. The molecule has 122 valence electrons. The Morgan fingerprint density at radius 2 is 1.92 bits per heavy atom. The zero-order chi connectivity index (χ0) is 17.1. The number of nitro groups is 1. The zero-order valence-corrected chi connectivity index (χ0v) is 12.4. The summed E-state index contributed by atoms with van der Waals surface area (Å²) >= 11 is 0. The van der Waals surface area contributed by atoms with Gasteiger partial charge < -0.3 is 5.11 Å². The van der Waals surface area contributed by atoms with Gasteiger partial charge >= 0.3 is 0 Å². The van der Waals surface area contributed by atoms with Crippen molar-refractivity contribution in [1.82, 2.24) is 14.8 Å². The summed E-state index contributed by atoms with van der Waals surface area (Å²) in [6.45, 7) is 0.0426. The van der Waals surface area contributed by atoms with Gasteiger partial charge in [-0.3, -0.25) is 10.1 Å². The van der Waals surface area contributed by atoms with Gasteiger partial charge in [-0.05, 0) is 18.2 Å². The summed E-state index contributed by atoms with van der Waals surface area (Å²) in [5, 5.41) is 25.0. The van der Waals surface area contributed by atoms with Crippen molar-refractivity contribution in [2.45, 2.75) is 12.6 Å². The van der Waals surface area contributed by atoms with Gasteiger partial charge in [-0.1, -0.05) is 18.2 Å². The molecule has 1 heterocycles. The number of hydrogen-bond donors (Lipinski definition) is 1. The van der Waals surface area contributed by atoms with Crippen molar-refractivity contribution in [2.24, 2.45) is 0 Å². The van der Waals surface area contributed by atoms with Crippen LogP contribution in [0, 0.1) is 15.9 Å². The standard InChI is InChI=1S/C16H13FN4O3/c17-14-4-2-1-3-13(14)15(22)9-20-10-18-16(19-20)11-5-7-12(8-6-11)21(23)24/h1-8,10,15,22H,9H2. The first kappa shape index (κ1) is 15.8. The normalized spacial score (nSPS) is 12.1. The van der Waals surface area contributed by atoms with Crippen LogP contribution in [0.4, 0.5) is 10.1 Å². The largest absolute Gasteiger partial charge is 0.386 e. The number of benzene rings is 2. The molecule has 0 bridgehead atoms. The molecule has 3 rings (SSSR count). The second-order valence-electron chi connectivity index (χ2n) is 5.13. The molecule has 0 aliphatic carbocycles. The van der Waals surface area contributed by atoms with Gasteiger partial charge in [0.05, 0.1) is 11.5 Å². The summed E-state index contributed by atoms with van der Waals surface area (Å²) in [6.07, 6.45) is 0.360. The monoisotopic (exact) mass is 328 g/mol. The number of aliphatic hydroxyl groups excluding tert-OH is 1. The van der Waals surface area contributed by atoms with Crippen LogP contribution in [0.25, 0.3) is 11.4 Å². The Kier molecular flexibility index (Phi) is 4.30. The van der Waals surface area contributed by atoms with Crippen molar-refractivity contribution in [2.75, 3.05) is 0 Å². The topological polar surface area (TPSA) is 94.1 Å². The summed E-state index contributed by atoms with van der Waals surface area (Å²) in [7, 11) is 0. The smallest absolute Gasteiger partial charge is 0.269 e. The number of non-ortho nitro benzene ring substituents is 1. The van der Waals surface area contributed by atoms with E-state index < -0.39 is 16.8 Å². The predicted octanol–water partition coefficient (Wildman–Crippen LogP) is 2.73. The Bertz CT molecular complexity index is 864. The maximum Gasteiger partial charge on any atom is 0.269 e. The first-order valence-corrected chi connectivity index (χ1v) is 7.11. The van der Waals surface area contributed by atoms with Crippen LogP contribution in [-0.2, 0) is 6.54 Å². The molecule has 1 unspecified atom stereocenters. The molecule has 7 nitrogen and oxygen atoms in total. The van der Waals surface area contributed by atoms with Crippen LogP contribution < -0.4 is 0 Å². The summed E-state index contributed by atoms with van der Waals surface area (Å²) < 4.78 is 15.1. The van der Waals surface area contributed by atoms with Crippen molar-refractivity contribution in [1.29, 1.82) is 0 Å². The molecule has 1 atom stereocenters. The van der Waals surface area contributed by atoms with Gasteiger partial charge in [0, 0.05) is 23.3 Å². The Morgan fingerprint density at radius 1 is 1.21 bits per heavy atom. The third kappa shape index (κ3) is 3.28. The quantitative estimate of drug-likeness (QED) is 0.574. The fourth-order valence-electron chi connectivity index (χ4n) is 2.27. The van der Waals surface area contributed by atoms with Gasteiger partial charge in [0.2, 0.25) is 0 Å². The summed E-state index contributed by atoms with van der Waals surface area (Å²) in [5.41, 5.74) is 0.776. The molecule has 0 fully saturated rings. The lowest BCUT2D eigenvalue weighted by atomic mass is 10.1. The molecule has 0 aliphatic heterocycles. The van der Waals surface area contributed by atoms with E-state index in [-0.39, 0.29) is 17.8 Å². The van der Waals surface area contributed by atoms with Crippen LogP contribution in [0.15, 0.2) is 54.9 Å². The first-order chi connectivity index (χ1) is 11.5. The first-order valence-electron chi connectivity index (χ1n) is 7.11. The van der Waals surface area contributed by atoms with E-state index >= 15 is 0 Å². The fourth-order valence-corrected chi connectivity index (χ4v) is 2.27. The number of nitrogens with zero attached hydrogens (tertiary/aromatic N) is 4. The number of nitro benzene ring substituents is 1. The number of aliphatic hydroxyl groups is 1. The molecule has 0 saturated carbocycles. The van der Waals surface area contributed by atoms with E-state index in [1.807, 2.05) is 0 Å². The highest BCUT2D eigenvalue weighted by Gasteiger charge is 2.14. The Morgan fingerprint density at radius 3 is 2.58 bits per heavy atom. The minimum atomic E-state index is -1.06. The molecule has 3 aromatic rings. The van der Waals surface area contributed by atoms with E-state index in [1.165, 1.54) is 35.3 Å². The second kappa shape index (κ2) is 6.55. The average molecular weight is 328 g/mol. The van der Waals surface area contributed by atoms with E-state index in [0.717, 1.165) is 0 Å². The number of hydrogen-bond acceptors (Lipinski definition) is 5. The van der Waals surface area contributed by atoms with Crippen molar-refractivity contribution in [3.63, 3.8) is 0 Å². The lowest BCUT2D eigenvalue weighted by Gasteiger charge is -2.11. The van der Waals surface area contributed by atoms with Crippen LogP contribution in [-0.4, -0.2) is 24.8 Å². The summed E-state index contributed by atoms with van der Waals surface area (Å²) in [5.74, 6) is -0.119. The van der Waals surface area contributed by atoms with Crippen LogP contribution in [0.2, 0.25) is 0 Å². The average Bonchev–Trinajstić information content (AvgIpc) is 3.03. The molecule has 2 aromatic carbocycles. The van der Waals surface area contributed by atoms with Gasteiger partial charge in [-0.2, -0.15) is 5.10 Å². The molecular formula is C16H13FN4O3. The van der Waals surface area contributed by atoms with Gasteiger partial charge in [0.15, 0.2) is 5.82 Å². The molecule has 0 amide bonds. The third-order valence-electron chi connectivity index (χ3n) is 3.50. The predicted molar refractivity (Wildman–Crippen MR) is 83.5 cm³/mol. The summed E-state index contributed by atoms with van der Waals surface area (Å²) in [4.78, 5) is 14.3. The molecule has 1 aromatic heterocycles. The third-order valence-corrected chi connectivity index (χ3v) is 3.50. The van der Waals surface area contributed by atoms with Crippen LogP contribution in [0.3, 0.4) is 0 Å². The lowest BCUT2D eigenvalue weighted by molar-refractivity contribution is -0.384. The van der Waals surface area contributed by atoms with Crippen molar-refractivity contribution >= 4 is 5.69 Å². The zero-order valence-electron chi connectivity index (χ0n) is 12.4. The molecule has 1 N–H and O–H groups in total. The van der Waals surface area contributed by atoms with Gasteiger partial charge in [0.1, 0.15) is 18.2 Å². The van der Waals surface area contributed by atoms with E-state index in [9.17, 15) is 19.6 Å². The van der Waals surface area contributed by atoms with Crippen molar-refractivity contribution in [3.05, 3.63) is 76.4 Å². The molecule has 0 radical (unpaired) electrons. The summed E-state index contributed by atoms with van der Waals surface area (Å²) in [6, 6.07) is 11.8. The highest BCUT2D eigenvalue weighted by atomic mass is 19.1. The van der Waals surface area contributed by atoms with Crippen LogP contribution >= 0.6 is 0 Å². The minimum absolute atomic E-state index is 0.0202. The number of rotatable bonds is 5. The highest BCUT2D eigenvalue weighted by molar-refractivity contribution is 5.56. The molecule has 0 aliphatic rings. The van der Waals surface area contributed by atoms with Crippen molar-refractivity contribution < 1.29 is 14.4 Å². The Balaban J connectivity index is 1.76. The molecule has 8 heteroatoms. The maximum absolute atomic E-state index is 13.7. The Labute approximate surface area is 136 Å². The van der Waals surface area contributed by atoms with Gasteiger partial charge in [-0.25, -0.2) is 14.1 Å². The van der Waals surface area contributed by atoms with Crippen LogP contribution in [0.5, 0.6) is 0 Å². The number of aromatic nitrogens is 3. The molecule has 24 heavy (non-hydrogen) atoms. The fraction of sp³-hybridized carbons (Fsp3) is 0.125. The Hall–Kier alpha value is -3.13. The number of halogens is 1. The van der Waals surface area contributed by atoms with E-state index in [0.29, 0.717) is 11.4 Å². The van der Waals surface area contributed by atoms with Crippen LogP contribution in [0.1, 0.15) is 11.7 Å². The molecular weight excluding hydrogens is 315 g/mol. The minimum Gasteiger partial charge on any atom is -0.386 e. The van der Waals surface area contributed by atoms with Gasteiger partial charge in [0.25, 0.3) is 5.69 Å². The van der Waals surface area contributed by atoms with Crippen molar-refractivity contribution in [3.8, 4) is 11.4 Å². The van der Waals surface area contributed by atoms with E-state index in [2.05, 4.69) is 10.1 Å². The highest BCUT2D eigenvalue weighted by Crippen LogP contribution is 2.21. The molecule has 0 saturated heterocycles. The maximum atomic E-state index is 13.7. The van der Waals surface area contributed by atoms with E-state index in [4.69, 9.17) is 0 Å². The lowest BCUT2D eigenvalue weighted by Crippen LogP contribution is -2.10. The second-order valence-corrected chi connectivity index (χ2v) is 5.13. The molecule has 0 spiro atoms.